The Bertz CT molecular complexity index is 865. The normalized spacial score (nSPS) is 11.8. The summed E-state index contributed by atoms with van der Waals surface area (Å²) in [5.74, 6) is 0.119. The van der Waals surface area contributed by atoms with Crippen molar-refractivity contribution in [3.63, 3.8) is 0 Å². The van der Waals surface area contributed by atoms with Crippen LogP contribution in [0.1, 0.15) is 31.4 Å². The second kappa shape index (κ2) is 12.2. The van der Waals surface area contributed by atoms with E-state index in [-0.39, 0.29) is 29.9 Å². The molecule has 0 heterocycles. The van der Waals surface area contributed by atoms with E-state index in [1.54, 1.807) is 42.2 Å². The van der Waals surface area contributed by atoms with E-state index in [4.69, 9.17) is 23.2 Å². The maximum absolute atomic E-state index is 13.0. The number of amides is 2. The number of carbonyl (C=O) groups excluding carboxylic acids is 2. The predicted molar refractivity (Wildman–Crippen MR) is 122 cm³/mol. The van der Waals surface area contributed by atoms with Gasteiger partial charge in [-0.2, -0.15) is 0 Å². The molecule has 2 aromatic carbocycles. The molecule has 0 bridgehead atoms. The van der Waals surface area contributed by atoms with Gasteiger partial charge in [0, 0.05) is 18.8 Å². The van der Waals surface area contributed by atoms with E-state index in [0.29, 0.717) is 22.3 Å². The number of hydrogen-bond acceptors (Lipinski definition) is 3. The van der Waals surface area contributed by atoms with Crippen LogP contribution in [0.25, 0.3) is 0 Å². The lowest BCUT2D eigenvalue weighted by Crippen LogP contribution is -2.48. The first-order valence-corrected chi connectivity index (χ1v) is 11.6. The highest BCUT2D eigenvalue weighted by atomic mass is 35.5. The summed E-state index contributed by atoms with van der Waals surface area (Å²) < 4.78 is 13.0. The molecule has 0 saturated heterocycles. The second-order valence-corrected chi connectivity index (χ2v) is 8.66. The summed E-state index contributed by atoms with van der Waals surface area (Å²) >= 11 is 13.5. The first-order valence-electron chi connectivity index (χ1n) is 9.65. The van der Waals surface area contributed by atoms with Crippen LogP contribution in [0.5, 0.6) is 0 Å². The summed E-state index contributed by atoms with van der Waals surface area (Å²) in [4.78, 5) is 27.0. The highest BCUT2D eigenvalue weighted by Gasteiger charge is 2.26. The number of halogens is 3. The van der Waals surface area contributed by atoms with Crippen LogP contribution in [-0.4, -0.2) is 35.1 Å². The van der Waals surface area contributed by atoms with Crippen molar-refractivity contribution in [2.75, 3.05) is 12.3 Å². The number of rotatable bonds is 10. The summed E-state index contributed by atoms with van der Waals surface area (Å²) in [6.07, 6.45) is 0.812. The van der Waals surface area contributed by atoms with Crippen molar-refractivity contribution < 1.29 is 14.0 Å². The monoisotopic (exact) mass is 470 g/mol. The Hall–Kier alpha value is -1.76. The summed E-state index contributed by atoms with van der Waals surface area (Å²) in [5.41, 5.74) is 1.72. The number of nitrogens with zero attached hydrogens (tertiary/aromatic N) is 1. The molecule has 30 heavy (non-hydrogen) atoms. The molecule has 4 nitrogen and oxygen atoms in total. The van der Waals surface area contributed by atoms with Gasteiger partial charge in [-0.15, -0.1) is 11.8 Å². The summed E-state index contributed by atoms with van der Waals surface area (Å²) in [6, 6.07) is 10.7. The largest absolute Gasteiger partial charge is 0.354 e. The van der Waals surface area contributed by atoms with Crippen LogP contribution >= 0.6 is 35.0 Å². The molecular formula is C22H25Cl2FN2O2S. The fraction of sp³-hybridized carbons (Fsp3) is 0.364. The molecule has 0 aliphatic carbocycles. The standard InChI is InChI=1S/C22H25Cl2FN2O2S/c1-3-10-26-22(29)15(2)27(12-17-6-9-19(23)20(24)11-17)21(28)14-30-13-16-4-7-18(25)8-5-16/h4-9,11,15H,3,10,12-14H2,1-2H3,(H,26,29)/t15-/m1/s1. The first kappa shape index (κ1) is 24.5. The van der Waals surface area contributed by atoms with Crippen molar-refractivity contribution >= 4 is 46.8 Å². The Morgan fingerprint density at radius 3 is 2.40 bits per heavy atom. The lowest BCUT2D eigenvalue weighted by atomic mass is 10.1. The van der Waals surface area contributed by atoms with E-state index in [0.717, 1.165) is 17.5 Å². The van der Waals surface area contributed by atoms with Crippen LogP contribution in [0.2, 0.25) is 10.0 Å². The van der Waals surface area contributed by atoms with Crippen molar-refractivity contribution in [2.45, 2.75) is 38.6 Å². The van der Waals surface area contributed by atoms with Gasteiger partial charge in [0.05, 0.1) is 15.8 Å². The number of benzene rings is 2. The van der Waals surface area contributed by atoms with Gasteiger partial charge >= 0.3 is 0 Å². The maximum atomic E-state index is 13.0. The zero-order chi connectivity index (χ0) is 22.1. The topological polar surface area (TPSA) is 49.4 Å². The third-order valence-electron chi connectivity index (χ3n) is 4.46. The van der Waals surface area contributed by atoms with E-state index in [1.165, 1.54) is 23.9 Å². The molecule has 162 valence electrons. The molecule has 2 rings (SSSR count). The minimum Gasteiger partial charge on any atom is -0.354 e. The minimum absolute atomic E-state index is 0.160. The predicted octanol–water partition coefficient (Wildman–Crippen LogP) is 5.31. The first-order chi connectivity index (χ1) is 14.3. The Morgan fingerprint density at radius 2 is 1.77 bits per heavy atom. The number of carbonyl (C=O) groups is 2. The molecule has 0 spiro atoms. The number of thioether (sulfide) groups is 1. The van der Waals surface area contributed by atoms with E-state index in [9.17, 15) is 14.0 Å². The molecule has 1 atom stereocenters. The second-order valence-electron chi connectivity index (χ2n) is 6.86. The quantitative estimate of drug-likeness (QED) is 0.511. The highest BCUT2D eigenvalue weighted by molar-refractivity contribution is 7.99. The van der Waals surface area contributed by atoms with Crippen LogP contribution in [0.4, 0.5) is 4.39 Å². The molecule has 0 aromatic heterocycles. The lowest BCUT2D eigenvalue weighted by molar-refractivity contribution is -0.138. The summed E-state index contributed by atoms with van der Waals surface area (Å²) in [7, 11) is 0. The molecule has 0 radical (unpaired) electrons. The van der Waals surface area contributed by atoms with Gasteiger partial charge in [-0.1, -0.05) is 48.3 Å². The van der Waals surface area contributed by atoms with E-state index in [2.05, 4.69) is 5.32 Å². The number of hydrogen-bond donors (Lipinski definition) is 1. The van der Waals surface area contributed by atoms with Crippen LogP contribution in [0.15, 0.2) is 42.5 Å². The van der Waals surface area contributed by atoms with Gasteiger partial charge < -0.3 is 10.2 Å². The van der Waals surface area contributed by atoms with Gasteiger partial charge in [0.25, 0.3) is 0 Å². The zero-order valence-corrected chi connectivity index (χ0v) is 19.3. The van der Waals surface area contributed by atoms with Crippen LogP contribution in [0.3, 0.4) is 0 Å². The van der Waals surface area contributed by atoms with Crippen molar-refractivity contribution in [2.24, 2.45) is 0 Å². The van der Waals surface area contributed by atoms with E-state index >= 15 is 0 Å². The fourth-order valence-corrected chi connectivity index (χ4v) is 3.92. The van der Waals surface area contributed by atoms with Crippen molar-refractivity contribution in [3.8, 4) is 0 Å². The van der Waals surface area contributed by atoms with E-state index < -0.39 is 6.04 Å². The minimum atomic E-state index is -0.634. The van der Waals surface area contributed by atoms with E-state index in [1.807, 2.05) is 6.92 Å². The third kappa shape index (κ3) is 7.49. The molecule has 1 N–H and O–H groups in total. The average Bonchev–Trinajstić information content (AvgIpc) is 2.73. The summed E-state index contributed by atoms with van der Waals surface area (Å²) in [6.45, 7) is 4.48. The molecular weight excluding hydrogens is 446 g/mol. The molecule has 8 heteroatoms. The maximum Gasteiger partial charge on any atom is 0.242 e. The molecule has 0 aliphatic heterocycles. The van der Waals surface area contributed by atoms with Crippen molar-refractivity contribution in [1.82, 2.24) is 10.2 Å². The Labute approximate surface area is 191 Å². The lowest BCUT2D eigenvalue weighted by Gasteiger charge is -2.29. The Kier molecular flexibility index (Phi) is 9.95. The SMILES string of the molecule is CCCNC(=O)[C@@H](C)N(Cc1ccc(Cl)c(Cl)c1)C(=O)CSCc1ccc(F)cc1. The third-order valence-corrected chi connectivity index (χ3v) is 6.19. The fourth-order valence-electron chi connectivity index (χ4n) is 2.73. The van der Waals surface area contributed by atoms with Gasteiger partial charge in [0.1, 0.15) is 11.9 Å². The Balaban J connectivity index is 2.07. The van der Waals surface area contributed by atoms with Crippen LogP contribution in [-0.2, 0) is 21.9 Å². The van der Waals surface area contributed by atoms with Gasteiger partial charge in [-0.25, -0.2) is 4.39 Å². The zero-order valence-electron chi connectivity index (χ0n) is 17.0. The molecule has 0 fully saturated rings. The smallest absolute Gasteiger partial charge is 0.242 e. The highest BCUT2D eigenvalue weighted by Crippen LogP contribution is 2.24. The molecule has 0 unspecified atom stereocenters. The molecule has 2 aromatic rings. The van der Waals surface area contributed by atoms with Gasteiger partial charge in [-0.3, -0.25) is 9.59 Å². The van der Waals surface area contributed by atoms with Crippen LogP contribution in [0, 0.1) is 5.82 Å². The van der Waals surface area contributed by atoms with Gasteiger partial charge in [-0.05, 0) is 48.7 Å². The molecule has 2 amide bonds. The van der Waals surface area contributed by atoms with Gasteiger partial charge in [0.15, 0.2) is 0 Å². The summed E-state index contributed by atoms with van der Waals surface area (Å²) in [5, 5.41) is 3.67. The van der Waals surface area contributed by atoms with Gasteiger partial charge in [0.2, 0.25) is 11.8 Å². The Morgan fingerprint density at radius 1 is 1.10 bits per heavy atom. The van der Waals surface area contributed by atoms with Crippen LogP contribution < -0.4 is 5.32 Å². The molecule has 0 aliphatic rings. The molecule has 0 saturated carbocycles. The number of nitrogens with one attached hydrogen (secondary N) is 1. The van der Waals surface area contributed by atoms with Crippen molar-refractivity contribution in [1.29, 1.82) is 0 Å². The average molecular weight is 471 g/mol. The van der Waals surface area contributed by atoms with Crippen molar-refractivity contribution in [3.05, 3.63) is 69.5 Å².